The predicted octanol–water partition coefficient (Wildman–Crippen LogP) is 2.75. The highest BCUT2D eigenvalue weighted by molar-refractivity contribution is 7.91. The van der Waals surface area contributed by atoms with E-state index in [1.165, 1.54) is 0 Å². The maximum absolute atomic E-state index is 11.8. The molecule has 0 amide bonds. The molecular formula is C13H29NO2S. The molecule has 0 saturated heterocycles. The molecular weight excluding hydrogens is 234 g/mol. The summed E-state index contributed by atoms with van der Waals surface area (Å²) in [6.45, 7) is 8.36. The van der Waals surface area contributed by atoms with Gasteiger partial charge in [-0.2, -0.15) is 0 Å². The lowest BCUT2D eigenvalue weighted by Gasteiger charge is -2.31. The lowest BCUT2D eigenvalue weighted by molar-refractivity contribution is 0.244. The molecule has 4 heteroatoms. The topological polar surface area (TPSA) is 60.2 Å². The molecule has 0 heterocycles. The first kappa shape index (κ1) is 16.9. The lowest BCUT2D eigenvalue weighted by atomic mass is 9.78. The third kappa shape index (κ3) is 5.38. The maximum Gasteiger partial charge on any atom is 0.152 e. The largest absolute Gasteiger partial charge is 0.330 e. The van der Waals surface area contributed by atoms with Crippen LogP contribution >= 0.6 is 0 Å². The minimum atomic E-state index is -2.93. The second kappa shape index (κ2) is 7.37. The van der Waals surface area contributed by atoms with Crippen molar-refractivity contribution in [3.63, 3.8) is 0 Å². The summed E-state index contributed by atoms with van der Waals surface area (Å²) in [7, 11) is -2.93. The number of sulfone groups is 1. The van der Waals surface area contributed by atoms with Gasteiger partial charge >= 0.3 is 0 Å². The first-order valence-corrected chi connectivity index (χ1v) is 8.46. The summed E-state index contributed by atoms with van der Waals surface area (Å²) in [5.41, 5.74) is 5.90. The normalized spacial score (nSPS) is 16.1. The van der Waals surface area contributed by atoms with E-state index in [-0.39, 0.29) is 16.4 Å². The van der Waals surface area contributed by atoms with Crippen LogP contribution in [0.25, 0.3) is 0 Å². The Morgan fingerprint density at radius 3 is 2.12 bits per heavy atom. The number of nitrogens with two attached hydrogens (primary N) is 1. The van der Waals surface area contributed by atoms with Crippen molar-refractivity contribution >= 4 is 9.84 Å². The third-order valence-electron chi connectivity index (χ3n) is 3.88. The summed E-state index contributed by atoms with van der Waals surface area (Å²) in [5.74, 6) is 0.277. The highest BCUT2D eigenvalue weighted by atomic mass is 32.2. The lowest BCUT2D eigenvalue weighted by Crippen LogP contribution is -2.33. The van der Waals surface area contributed by atoms with Gasteiger partial charge < -0.3 is 5.73 Å². The fourth-order valence-corrected chi connectivity index (χ4v) is 3.16. The van der Waals surface area contributed by atoms with E-state index in [1.54, 1.807) is 13.8 Å². The van der Waals surface area contributed by atoms with E-state index in [2.05, 4.69) is 13.8 Å². The van der Waals surface area contributed by atoms with Crippen molar-refractivity contribution in [2.75, 3.05) is 12.3 Å². The van der Waals surface area contributed by atoms with E-state index >= 15 is 0 Å². The Hall–Kier alpha value is -0.0900. The zero-order chi connectivity index (χ0) is 13.5. The molecule has 0 aromatic heterocycles. The van der Waals surface area contributed by atoms with E-state index in [1.807, 2.05) is 0 Å². The summed E-state index contributed by atoms with van der Waals surface area (Å²) in [5, 5.41) is -0.277. The molecule has 0 rings (SSSR count). The maximum atomic E-state index is 11.8. The fourth-order valence-electron chi connectivity index (χ4n) is 1.97. The van der Waals surface area contributed by atoms with Crippen LogP contribution in [0.4, 0.5) is 0 Å². The van der Waals surface area contributed by atoms with Crippen LogP contribution in [0.1, 0.15) is 59.8 Å². The van der Waals surface area contributed by atoms with Gasteiger partial charge in [-0.25, -0.2) is 8.42 Å². The van der Waals surface area contributed by atoms with Crippen LogP contribution in [-0.4, -0.2) is 26.0 Å². The molecule has 0 aromatic carbocycles. The molecule has 0 aliphatic heterocycles. The van der Waals surface area contributed by atoms with Crippen molar-refractivity contribution in [2.45, 2.75) is 65.0 Å². The average molecular weight is 263 g/mol. The Balaban J connectivity index is 4.56. The monoisotopic (exact) mass is 263 g/mol. The summed E-state index contributed by atoms with van der Waals surface area (Å²) in [6, 6.07) is 0. The first-order valence-electron chi connectivity index (χ1n) is 6.75. The zero-order valence-corrected chi connectivity index (χ0v) is 12.6. The van der Waals surface area contributed by atoms with Gasteiger partial charge in [-0.05, 0) is 45.1 Å². The fraction of sp³-hybridized carbons (Fsp3) is 1.00. The first-order chi connectivity index (χ1) is 7.83. The highest BCUT2D eigenvalue weighted by Gasteiger charge is 2.29. The summed E-state index contributed by atoms with van der Waals surface area (Å²) < 4.78 is 23.7. The van der Waals surface area contributed by atoms with Gasteiger partial charge in [0.2, 0.25) is 0 Å². The van der Waals surface area contributed by atoms with Crippen LogP contribution < -0.4 is 5.73 Å². The summed E-state index contributed by atoms with van der Waals surface area (Å²) in [4.78, 5) is 0. The van der Waals surface area contributed by atoms with Crippen LogP contribution in [-0.2, 0) is 9.84 Å². The molecule has 0 bridgehead atoms. The van der Waals surface area contributed by atoms with Gasteiger partial charge in [0.05, 0.1) is 11.0 Å². The van der Waals surface area contributed by atoms with Crippen LogP contribution in [0.3, 0.4) is 0 Å². The standard InChI is InChI=1S/C13H29NO2S/c1-5-7-8-13(6-2,11-14)9-10-17(15,16)12(3)4/h12H,5-11,14H2,1-4H3. The molecule has 0 radical (unpaired) electrons. The van der Waals surface area contributed by atoms with Crippen LogP contribution in [0.5, 0.6) is 0 Å². The molecule has 0 spiro atoms. The van der Waals surface area contributed by atoms with E-state index < -0.39 is 9.84 Å². The predicted molar refractivity (Wildman–Crippen MR) is 74.8 cm³/mol. The van der Waals surface area contributed by atoms with Crippen molar-refractivity contribution in [3.05, 3.63) is 0 Å². The Labute approximate surface area is 107 Å². The molecule has 2 N–H and O–H groups in total. The van der Waals surface area contributed by atoms with Crippen LogP contribution in [0, 0.1) is 5.41 Å². The number of unbranched alkanes of at least 4 members (excludes halogenated alkanes) is 1. The quantitative estimate of drug-likeness (QED) is 0.696. The molecule has 17 heavy (non-hydrogen) atoms. The van der Waals surface area contributed by atoms with Crippen molar-refractivity contribution in [2.24, 2.45) is 11.1 Å². The van der Waals surface area contributed by atoms with Gasteiger partial charge in [-0.15, -0.1) is 0 Å². The molecule has 1 atom stereocenters. The molecule has 0 saturated carbocycles. The van der Waals surface area contributed by atoms with Gasteiger partial charge in [0, 0.05) is 0 Å². The number of rotatable bonds is 9. The minimum Gasteiger partial charge on any atom is -0.330 e. The average Bonchev–Trinajstić information content (AvgIpc) is 2.30. The van der Waals surface area contributed by atoms with Gasteiger partial charge in [-0.1, -0.05) is 26.7 Å². The van der Waals surface area contributed by atoms with Gasteiger partial charge in [-0.3, -0.25) is 0 Å². The van der Waals surface area contributed by atoms with Gasteiger partial charge in [0.15, 0.2) is 9.84 Å². The third-order valence-corrected chi connectivity index (χ3v) is 6.09. The van der Waals surface area contributed by atoms with E-state index in [0.717, 1.165) is 25.7 Å². The second-order valence-corrected chi connectivity index (χ2v) is 8.00. The van der Waals surface area contributed by atoms with Crippen LogP contribution in [0.2, 0.25) is 0 Å². The van der Waals surface area contributed by atoms with Crippen molar-refractivity contribution in [1.82, 2.24) is 0 Å². The smallest absolute Gasteiger partial charge is 0.152 e. The van der Waals surface area contributed by atoms with E-state index in [4.69, 9.17) is 5.73 Å². The molecule has 104 valence electrons. The summed E-state index contributed by atoms with van der Waals surface area (Å²) in [6.07, 6.45) is 4.99. The number of hydrogen-bond acceptors (Lipinski definition) is 3. The Morgan fingerprint density at radius 2 is 1.76 bits per heavy atom. The van der Waals surface area contributed by atoms with Crippen molar-refractivity contribution in [1.29, 1.82) is 0 Å². The van der Waals surface area contributed by atoms with E-state index in [0.29, 0.717) is 13.0 Å². The van der Waals surface area contributed by atoms with Gasteiger partial charge in [0.25, 0.3) is 0 Å². The molecule has 0 aromatic rings. The molecule has 0 fully saturated rings. The van der Waals surface area contributed by atoms with Crippen LogP contribution in [0.15, 0.2) is 0 Å². The highest BCUT2D eigenvalue weighted by Crippen LogP contribution is 2.32. The molecule has 3 nitrogen and oxygen atoms in total. The van der Waals surface area contributed by atoms with E-state index in [9.17, 15) is 8.42 Å². The molecule has 0 aliphatic rings. The van der Waals surface area contributed by atoms with Crippen molar-refractivity contribution in [3.8, 4) is 0 Å². The Morgan fingerprint density at radius 1 is 1.18 bits per heavy atom. The minimum absolute atomic E-state index is 0.0258. The second-order valence-electron chi connectivity index (χ2n) is 5.33. The zero-order valence-electron chi connectivity index (χ0n) is 11.8. The Kier molecular flexibility index (Phi) is 7.33. The SMILES string of the molecule is CCCCC(CC)(CN)CCS(=O)(=O)C(C)C. The van der Waals surface area contributed by atoms with Gasteiger partial charge in [0.1, 0.15) is 0 Å². The van der Waals surface area contributed by atoms with Crippen molar-refractivity contribution < 1.29 is 8.42 Å². The number of hydrogen-bond donors (Lipinski definition) is 1. The summed E-state index contributed by atoms with van der Waals surface area (Å²) >= 11 is 0. The Bertz CT molecular complexity index is 293. The molecule has 1 unspecified atom stereocenters. The molecule has 0 aliphatic carbocycles.